The molecule has 0 fully saturated rings. The molecule has 0 atom stereocenters. The Kier molecular flexibility index (Phi) is 10.4. The van der Waals surface area contributed by atoms with Crippen LogP contribution in [0, 0.1) is 0 Å². The average molecular weight is 994 g/mol. The first-order chi connectivity index (χ1) is 38.5. The SMILES string of the molecule is CC1(C)c2ccccc2-c2cc(N(c3cccc(-c4cccc5c4C(c4ccccc4)(c4ccccc4)c4ccccc4-5)c3)c3cccc(-c4cccc5c4C(c4ccccc4)(c4ccccc4)c4ccccc4-5)c3)ccc21. The van der Waals surface area contributed by atoms with Crippen molar-refractivity contribution in [2.75, 3.05) is 4.90 Å². The minimum atomic E-state index is -0.556. The van der Waals surface area contributed by atoms with E-state index in [1.54, 1.807) is 0 Å². The van der Waals surface area contributed by atoms with Crippen LogP contribution in [-0.4, -0.2) is 0 Å². The third kappa shape index (κ3) is 6.55. The molecule has 0 radical (unpaired) electrons. The Balaban J connectivity index is 0.962. The van der Waals surface area contributed by atoms with Gasteiger partial charge in [-0.05, 0) is 148 Å². The van der Waals surface area contributed by atoms with Gasteiger partial charge in [0.25, 0.3) is 0 Å². The van der Waals surface area contributed by atoms with Gasteiger partial charge in [-0.25, -0.2) is 0 Å². The molecule has 3 aliphatic carbocycles. The van der Waals surface area contributed by atoms with Gasteiger partial charge in [0, 0.05) is 22.5 Å². The molecular formula is C77H55N. The lowest BCUT2D eigenvalue weighted by Crippen LogP contribution is -2.29. The van der Waals surface area contributed by atoms with Crippen molar-refractivity contribution >= 4 is 17.1 Å². The lowest BCUT2D eigenvalue weighted by molar-refractivity contribution is 0.660. The normalized spacial score (nSPS) is 14.3. The fourth-order valence-electron chi connectivity index (χ4n) is 14.4. The maximum atomic E-state index is 2.50. The second kappa shape index (κ2) is 17.8. The predicted octanol–water partition coefficient (Wildman–Crippen LogP) is 19.5. The summed E-state index contributed by atoms with van der Waals surface area (Å²) in [5, 5.41) is 0. The van der Waals surface area contributed by atoms with Crippen molar-refractivity contribution in [1.82, 2.24) is 0 Å². The second-order valence-electron chi connectivity index (χ2n) is 21.8. The number of hydrogen-bond acceptors (Lipinski definition) is 1. The van der Waals surface area contributed by atoms with Crippen LogP contribution in [0.2, 0.25) is 0 Å². The maximum absolute atomic E-state index is 2.50. The molecule has 0 bridgehead atoms. The lowest BCUT2D eigenvalue weighted by Gasteiger charge is -2.35. The van der Waals surface area contributed by atoms with Crippen molar-refractivity contribution in [3.8, 4) is 55.6 Å². The number of rotatable bonds is 9. The molecule has 15 rings (SSSR count). The Morgan fingerprint density at radius 1 is 0.231 bits per heavy atom. The zero-order valence-electron chi connectivity index (χ0n) is 43.7. The quantitative estimate of drug-likeness (QED) is 0.139. The van der Waals surface area contributed by atoms with E-state index in [1.807, 2.05) is 0 Å². The van der Waals surface area contributed by atoms with Gasteiger partial charge in [0.15, 0.2) is 0 Å². The molecule has 0 heterocycles. The van der Waals surface area contributed by atoms with Crippen LogP contribution >= 0.6 is 0 Å². The summed E-state index contributed by atoms with van der Waals surface area (Å²) >= 11 is 0. The Hall–Kier alpha value is -9.56. The second-order valence-corrected chi connectivity index (χ2v) is 21.8. The summed E-state index contributed by atoms with van der Waals surface area (Å²) in [6.07, 6.45) is 0. The highest BCUT2D eigenvalue weighted by Gasteiger charge is 2.49. The molecule has 0 unspecified atom stereocenters. The molecule has 1 heteroatoms. The van der Waals surface area contributed by atoms with E-state index in [2.05, 4.69) is 316 Å². The van der Waals surface area contributed by atoms with Crippen molar-refractivity contribution in [1.29, 1.82) is 0 Å². The molecule has 368 valence electrons. The summed E-state index contributed by atoms with van der Waals surface area (Å²) in [5.41, 5.74) is 27.4. The van der Waals surface area contributed by atoms with Gasteiger partial charge in [0.05, 0.1) is 10.8 Å². The van der Waals surface area contributed by atoms with Gasteiger partial charge in [-0.1, -0.05) is 275 Å². The molecule has 0 N–H and O–H groups in total. The highest BCUT2D eigenvalue weighted by molar-refractivity contribution is 5.96. The van der Waals surface area contributed by atoms with Crippen LogP contribution in [0.25, 0.3) is 55.6 Å². The average Bonchev–Trinajstić information content (AvgIpc) is 4.30. The van der Waals surface area contributed by atoms with E-state index in [9.17, 15) is 0 Å². The number of anilines is 3. The summed E-state index contributed by atoms with van der Waals surface area (Å²) in [6, 6.07) is 111. The summed E-state index contributed by atoms with van der Waals surface area (Å²) in [7, 11) is 0. The molecular weight excluding hydrogens is 939 g/mol. The first kappa shape index (κ1) is 45.8. The van der Waals surface area contributed by atoms with Gasteiger partial charge in [-0.15, -0.1) is 0 Å². The number of benzene rings is 12. The predicted molar refractivity (Wildman–Crippen MR) is 324 cm³/mol. The summed E-state index contributed by atoms with van der Waals surface area (Å²) in [6.45, 7) is 4.73. The fourth-order valence-corrected chi connectivity index (χ4v) is 14.4. The van der Waals surface area contributed by atoms with Gasteiger partial charge in [-0.2, -0.15) is 0 Å². The Morgan fingerprint density at radius 3 is 0.987 bits per heavy atom. The van der Waals surface area contributed by atoms with Gasteiger partial charge in [0.1, 0.15) is 0 Å². The van der Waals surface area contributed by atoms with Crippen molar-refractivity contribution < 1.29 is 0 Å². The van der Waals surface area contributed by atoms with E-state index >= 15 is 0 Å². The number of fused-ring (bicyclic) bond motifs is 9. The van der Waals surface area contributed by atoms with Crippen LogP contribution in [0.5, 0.6) is 0 Å². The van der Waals surface area contributed by atoms with E-state index < -0.39 is 10.8 Å². The third-order valence-corrected chi connectivity index (χ3v) is 17.6. The van der Waals surface area contributed by atoms with E-state index in [4.69, 9.17) is 0 Å². The molecule has 0 amide bonds. The zero-order chi connectivity index (χ0) is 52.0. The van der Waals surface area contributed by atoms with Gasteiger partial charge < -0.3 is 4.90 Å². The fraction of sp³-hybridized carbons (Fsp3) is 0.0649. The Labute approximate surface area is 458 Å². The largest absolute Gasteiger partial charge is 0.310 e. The van der Waals surface area contributed by atoms with E-state index in [-0.39, 0.29) is 5.41 Å². The van der Waals surface area contributed by atoms with Crippen LogP contribution < -0.4 is 4.90 Å². The Morgan fingerprint density at radius 2 is 0.551 bits per heavy atom. The lowest BCUT2D eigenvalue weighted by atomic mass is 9.66. The first-order valence-electron chi connectivity index (χ1n) is 27.4. The van der Waals surface area contributed by atoms with Gasteiger partial charge in [-0.3, -0.25) is 0 Å². The molecule has 0 spiro atoms. The summed E-state index contributed by atoms with van der Waals surface area (Å²) in [5.74, 6) is 0. The standard InChI is InChI=1S/C77H55N/c1-75(2)69-44-18-15-39-65(69)68-51-60(47-48-70(68)75)78(58-35-21-25-52(49-58)61-40-23-42-66-63-37-16-19-45-71(63)76(73(61)66,54-27-7-3-8-28-54)55-29-9-4-10-30-55)59-36-22-26-53(50-59)62-41-24-43-67-64-38-17-20-46-72(64)77(74(62)67,56-31-11-5-12-32-56)57-33-13-6-14-34-57/h3-51H,1-2H3. The van der Waals surface area contributed by atoms with Gasteiger partial charge in [0.2, 0.25) is 0 Å². The molecule has 1 nitrogen and oxygen atoms in total. The minimum Gasteiger partial charge on any atom is -0.310 e. The first-order valence-corrected chi connectivity index (χ1v) is 27.4. The maximum Gasteiger partial charge on any atom is 0.0719 e. The van der Waals surface area contributed by atoms with Gasteiger partial charge >= 0.3 is 0 Å². The molecule has 0 saturated heterocycles. The van der Waals surface area contributed by atoms with Crippen molar-refractivity contribution in [3.05, 3.63) is 353 Å². The smallest absolute Gasteiger partial charge is 0.0719 e. The summed E-state index contributed by atoms with van der Waals surface area (Å²) in [4.78, 5) is 2.50. The molecule has 0 aromatic heterocycles. The molecule has 78 heavy (non-hydrogen) atoms. The Bertz CT molecular complexity index is 3980. The highest BCUT2D eigenvalue weighted by atomic mass is 15.1. The van der Waals surface area contributed by atoms with Crippen LogP contribution in [0.1, 0.15) is 69.5 Å². The number of nitrogens with zero attached hydrogens (tertiary/aromatic N) is 1. The van der Waals surface area contributed by atoms with Crippen LogP contribution in [0.4, 0.5) is 17.1 Å². The van der Waals surface area contributed by atoms with E-state index in [0.717, 1.165) is 28.2 Å². The van der Waals surface area contributed by atoms with E-state index in [1.165, 1.54) is 100 Å². The molecule has 3 aliphatic rings. The minimum absolute atomic E-state index is 0.125. The molecule has 12 aromatic carbocycles. The van der Waals surface area contributed by atoms with Crippen LogP contribution in [0.3, 0.4) is 0 Å². The highest BCUT2D eigenvalue weighted by Crippen LogP contribution is 2.61. The van der Waals surface area contributed by atoms with Crippen LogP contribution in [0.15, 0.2) is 297 Å². The molecule has 12 aromatic rings. The molecule has 0 saturated carbocycles. The van der Waals surface area contributed by atoms with Crippen LogP contribution in [-0.2, 0) is 16.2 Å². The third-order valence-electron chi connectivity index (χ3n) is 17.6. The zero-order valence-corrected chi connectivity index (χ0v) is 43.7. The van der Waals surface area contributed by atoms with E-state index in [0.29, 0.717) is 0 Å². The van der Waals surface area contributed by atoms with Crippen molar-refractivity contribution in [2.45, 2.75) is 30.1 Å². The molecule has 0 aliphatic heterocycles. The monoisotopic (exact) mass is 993 g/mol. The van der Waals surface area contributed by atoms with Crippen molar-refractivity contribution in [3.63, 3.8) is 0 Å². The summed E-state index contributed by atoms with van der Waals surface area (Å²) < 4.78 is 0. The number of hydrogen-bond donors (Lipinski definition) is 0. The topological polar surface area (TPSA) is 3.24 Å². The van der Waals surface area contributed by atoms with Crippen molar-refractivity contribution in [2.24, 2.45) is 0 Å².